The molecule has 2 saturated heterocycles. The summed E-state index contributed by atoms with van der Waals surface area (Å²) >= 11 is 5.31. The molecule has 2 aromatic rings. The molecule has 0 radical (unpaired) electrons. The minimum Gasteiger partial charge on any atom is -0.343 e. The van der Waals surface area contributed by atoms with E-state index in [9.17, 15) is 4.79 Å². The average molecular weight is 308 g/mol. The SMILES string of the molecule is Nn1c(-n2cccn2)nn([C@@H]2CC(=O)[C@H]3OC[C@@H]2O3)c1=S. The number of ether oxygens (including phenoxy) is 2. The van der Waals surface area contributed by atoms with Crippen LogP contribution in [0.5, 0.6) is 0 Å². The minimum absolute atomic E-state index is 0.108. The highest BCUT2D eigenvalue weighted by atomic mass is 32.1. The van der Waals surface area contributed by atoms with Gasteiger partial charge in [-0.05, 0) is 18.3 Å². The van der Waals surface area contributed by atoms with Crippen molar-refractivity contribution in [2.45, 2.75) is 24.9 Å². The number of Topliss-reactive ketones (excluding diaryl/α,β-unsaturated/α-hetero) is 1. The van der Waals surface area contributed by atoms with E-state index in [1.165, 1.54) is 9.36 Å². The Bertz CT molecular complexity index is 751. The van der Waals surface area contributed by atoms with Gasteiger partial charge in [0.15, 0.2) is 5.78 Å². The lowest BCUT2D eigenvalue weighted by molar-refractivity contribution is -0.156. The molecule has 0 unspecified atom stereocenters. The summed E-state index contributed by atoms with van der Waals surface area (Å²) in [5, 5.41) is 8.47. The van der Waals surface area contributed by atoms with Crippen LogP contribution in [0.25, 0.3) is 5.95 Å². The van der Waals surface area contributed by atoms with E-state index in [0.717, 1.165) is 0 Å². The molecule has 0 spiro atoms. The highest BCUT2D eigenvalue weighted by molar-refractivity contribution is 7.71. The molecule has 0 amide bonds. The van der Waals surface area contributed by atoms with Gasteiger partial charge in [0.2, 0.25) is 11.1 Å². The summed E-state index contributed by atoms with van der Waals surface area (Å²) < 4.78 is 15.4. The van der Waals surface area contributed by atoms with E-state index >= 15 is 0 Å². The molecule has 3 atom stereocenters. The van der Waals surface area contributed by atoms with E-state index < -0.39 is 6.29 Å². The van der Waals surface area contributed by atoms with Crippen LogP contribution in [0.3, 0.4) is 0 Å². The fraction of sp³-hybridized carbons (Fsp3) is 0.455. The molecule has 2 fully saturated rings. The van der Waals surface area contributed by atoms with Crippen LogP contribution in [0.1, 0.15) is 12.5 Å². The second-order valence-corrected chi connectivity index (χ2v) is 5.29. The predicted octanol–water partition coefficient (Wildman–Crippen LogP) is -0.431. The van der Waals surface area contributed by atoms with Crippen LogP contribution in [-0.4, -0.2) is 49.0 Å². The highest BCUT2D eigenvalue weighted by Crippen LogP contribution is 2.32. The van der Waals surface area contributed by atoms with Gasteiger partial charge < -0.3 is 15.3 Å². The Morgan fingerprint density at radius 3 is 3.10 bits per heavy atom. The molecule has 2 N–H and O–H groups in total. The molecule has 4 heterocycles. The molecule has 2 aliphatic rings. The number of aromatic nitrogens is 5. The van der Waals surface area contributed by atoms with Gasteiger partial charge in [-0.3, -0.25) is 4.79 Å². The van der Waals surface area contributed by atoms with Gasteiger partial charge in [-0.2, -0.15) is 9.77 Å². The third-order valence-corrected chi connectivity index (χ3v) is 4.03. The van der Waals surface area contributed by atoms with Crippen LogP contribution < -0.4 is 5.84 Å². The maximum atomic E-state index is 11.9. The van der Waals surface area contributed by atoms with Gasteiger partial charge in [0.05, 0.1) is 12.6 Å². The monoisotopic (exact) mass is 308 g/mol. The number of carbonyl (C=O) groups is 1. The number of nitrogen functional groups attached to an aromatic ring is 1. The number of rotatable bonds is 2. The lowest BCUT2D eigenvalue weighted by atomic mass is 10.0. The fourth-order valence-electron chi connectivity index (χ4n) is 2.61. The molecule has 2 aromatic heterocycles. The van der Waals surface area contributed by atoms with Crippen molar-refractivity contribution in [1.82, 2.24) is 24.2 Å². The first kappa shape index (κ1) is 12.7. The van der Waals surface area contributed by atoms with Gasteiger partial charge in [0.25, 0.3) is 5.95 Å². The van der Waals surface area contributed by atoms with Crippen molar-refractivity contribution in [1.29, 1.82) is 0 Å². The molecule has 2 bridgehead atoms. The molecule has 4 rings (SSSR count). The predicted molar refractivity (Wildman–Crippen MR) is 71.6 cm³/mol. The van der Waals surface area contributed by atoms with Crippen molar-refractivity contribution in [2.24, 2.45) is 0 Å². The van der Waals surface area contributed by atoms with Crippen LogP contribution in [0.4, 0.5) is 0 Å². The Hall–Kier alpha value is -2.04. The number of nitrogens with two attached hydrogens (primary N) is 1. The number of nitrogens with zero attached hydrogens (tertiary/aromatic N) is 5. The molecule has 110 valence electrons. The minimum atomic E-state index is -0.744. The Kier molecular flexibility index (Phi) is 2.71. The average Bonchev–Trinajstić information content (AvgIpc) is 3.18. The summed E-state index contributed by atoms with van der Waals surface area (Å²) in [6, 6.07) is 1.44. The van der Waals surface area contributed by atoms with E-state index in [1.54, 1.807) is 23.1 Å². The lowest BCUT2D eigenvalue weighted by Gasteiger charge is -2.25. The molecule has 2 aliphatic heterocycles. The number of ketones is 1. The maximum Gasteiger partial charge on any atom is 0.269 e. The van der Waals surface area contributed by atoms with Crippen molar-refractivity contribution in [2.75, 3.05) is 12.4 Å². The van der Waals surface area contributed by atoms with Crippen LogP contribution in [0.15, 0.2) is 18.5 Å². The van der Waals surface area contributed by atoms with Crippen LogP contribution in [-0.2, 0) is 14.3 Å². The third kappa shape index (κ3) is 1.83. The standard InChI is InChI=1S/C11H12N6O3S/c12-16-10(15-3-1-2-13-15)14-17(11(16)21)6-4-7(18)9-19-5-8(6)20-9/h1-3,6,8-9H,4-5,12H2/t6-,8+,9+/m1/s1. The van der Waals surface area contributed by atoms with Gasteiger partial charge in [-0.25, -0.2) is 9.36 Å². The largest absolute Gasteiger partial charge is 0.343 e. The zero-order valence-electron chi connectivity index (χ0n) is 10.8. The van der Waals surface area contributed by atoms with Gasteiger partial charge >= 0.3 is 0 Å². The zero-order valence-corrected chi connectivity index (χ0v) is 11.6. The first-order valence-corrected chi connectivity index (χ1v) is 6.82. The molecular formula is C11H12N6O3S. The van der Waals surface area contributed by atoms with Crippen molar-refractivity contribution in [3.05, 3.63) is 23.2 Å². The Morgan fingerprint density at radius 2 is 2.33 bits per heavy atom. The van der Waals surface area contributed by atoms with Gasteiger partial charge in [-0.15, -0.1) is 5.10 Å². The number of hydrogen-bond donors (Lipinski definition) is 1. The topological polar surface area (TPSA) is 102 Å². The van der Waals surface area contributed by atoms with E-state index in [0.29, 0.717) is 17.3 Å². The molecule has 10 heteroatoms. The van der Waals surface area contributed by atoms with E-state index in [1.807, 2.05) is 0 Å². The summed E-state index contributed by atoms with van der Waals surface area (Å²) in [5.74, 6) is 6.21. The zero-order chi connectivity index (χ0) is 14.6. The Morgan fingerprint density at radius 1 is 1.48 bits per heavy atom. The van der Waals surface area contributed by atoms with Gasteiger partial charge in [0, 0.05) is 18.8 Å². The number of fused-ring (bicyclic) bond motifs is 2. The maximum absolute atomic E-state index is 11.9. The van der Waals surface area contributed by atoms with Gasteiger partial charge in [-0.1, -0.05) is 0 Å². The number of carbonyl (C=O) groups excluding carboxylic acids is 1. The Balaban J connectivity index is 1.77. The molecule has 0 saturated carbocycles. The first-order valence-electron chi connectivity index (χ1n) is 6.41. The summed E-state index contributed by atoms with van der Waals surface area (Å²) in [7, 11) is 0. The van der Waals surface area contributed by atoms with Crippen LogP contribution in [0, 0.1) is 4.77 Å². The summed E-state index contributed by atoms with van der Waals surface area (Å²) in [5.41, 5.74) is 0. The third-order valence-electron chi connectivity index (χ3n) is 3.65. The molecular weight excluding hydrogens is 296 g/mol. The quantitative estimate of drug-likeness (QED) is 0.593. The first-order chi connectivity index (χ1) is 10.1. The highest BCUT2D eigenvalue weighted by Gasteiger charge is 2.45. The summed E-state index contributed by atoms with van der Waals surface area (Å²) in [6.45, 7) is 0.345. The van der Waals surface area contributed by atoms with Crippen molar-refractivity contribution in [3.63, 3.8) is 0 Å². The van der Waals surface area contributed by atoms with Crippen LogP contribution >= 0.6 is 12.2 Å². The normalized spacial score (nSPS) is 28.2. The molecule has 9 nitrogen and oxygen atoms in total. The Labute approximate surface area is 123 Å². The lowest BCUT2D eigenvalue weighted by Crippen LogP contribution is -2.37. The summed E-state index contributed by atoms with van der Waals surface area (Å²) in [4.78, 5) is 11.9. The molecule has 0 aromatic carbocycles. The molecule has 0 aliphatic carbocycles. The van der Waals surface area contributed by atoms with E-state index in [2.05, 4.69) is 10.2 Å². The second-order valence-electron chi connectivity index (χ2n) is 4.93. The number of hydrogen-bond acceptors (Lipinski definition) is 7. The van der Waals surface area contributed by atoms with E-state index in [-0.39, 0.29) is 24.3 Å². The molecule has 21 heavy (non-hydrogen) atoms. The van der Waals surface area contributed by atoms with E-state index in [4.69, 9.17) is 27.5 Å². The van der Waals surface area contributed by atoms with Crippen molar-refractivity contribution in [3.8, 4) is 5.95 Å². The van der Waals surface area contributed by atoms with Crippen LogP contribution in [0.2, 0.25) is 0 Å². The summed E-state index contributed by atoms with van der Waals surface area (Å²) in [6.07, 6.45) is 2.59. The fourth-order valence-corrected chi connectivity index (χ4v) is 2.87. The van der Waals surface area contributed by atoms with Gasteiger partial charge in [0.1, 0.15) is 6.10 Å². The smallest absolute Gasteiger partial charge is 0.269 e. The van der Waals surface area contributed by atoms with Crippen molar-refractivity contribution >= 4 is 18.0 Å². The second kappa shape index (κ2) is 4.48. The van der Waals surface area contributed by atoms with Crippen molar-refractivity contribution < 1.29 is 14.3 Å².